The molecule has 0 spiro atoms. The molecule has 0 amide bonds. The highest BCUT2D eigenvalue weighted by Gasteiger charge is 2.12. The molecular weight excluding hydrogens is 220 g/mol. The van der Waals surface area contributed by atoms with Gasteiger partial charge in [0.2, 0.25) is 6.29 Å². The zero-order chi connectivity index (χ0) is 12.4. The van der Waals surface area contributed by atoms with Gasteiger partial charge in [-0.15, -0.1) is 0 Å². The average molecular weight is 231 g/mol. The maximum atomic E-state index is 11.1. The summed E-state index contributed by atoms with van der Waals surface area (Å²) >= 11 is 0. The second kappa shape index (κ2) is 4.46. The molecule has 0 heterocycles. The van der Waals surface area contributed by atoms with Gasteiger partial charge in [-0.1, -0.05) is 66.8 Å². The summed E-state index contributed by atoms with van der Waals surface area (Å²) in [4.78, 5) is 11.1. The second-order valence-electron chi connectivity index (χ2n) is 4.17. The monoisotopic (exact) mass is 231 g/mol. The van der Waals surface area contributed by atoms with E-state index in [1.54, 1.807) is 0 Å². The van der Waals surface area contributed by atoms with Crippen molar-refractivity contribution in [1.29, 1.82) is 0 Å². The zero-order valence-electron chi connectivity index (χ0n) is 9.76. The summed E-state index contributed by atoms with van der Waals surface area (Å²) in [7, 11) is 0. The summed E-state index contributed by atoms with van der Waals surface area (Å²) in [5.41, 5.74) is 4.91. The highest BCUT2D eigenvalue weighted by molar-refractivity contribution is 6.11. The smallest absolute Gasteiger partial charge is 0.234 e. The summed E-state index contributed by atoms with van der Waals surface area (Å²) in [5, 5.41) is 0. The van der Waals surface area contributed by atoms with E-state index in [0.29, 0.717) is 5.57 Å². The van der Waals surface area contributed by atoms with Gasteiger partial charge in [0.05, 0.1) is 0 Å². The Morgan fingerprint density at radius 2 is 1.44 bits per heavy atom. The number of hydrogen-bond acceptors (Lipinski definition) is 1. The molecule has 2 aromatic carbocycles. The van der Waals surface area contributed by atoms with Crippen LogP contribution >= 0.6 is 0 Å². The lowest BCUT2D eigenvalue weighted by atomic mass is 9.90. The van der Waals surface area contributed by atoms with Crippen LogP contribution in [0.5, 0.6) is 0 Å². The number of allylic oxidation sites excluding steroid dienone is 3. The van der Waals surface area contributed by atoms with Crippen molar-refractivity contribution in [3.63, 3.8) is 0 Å². The van der Waals surface area contributed by atoms with Crippen LogP contribution in [0.1, 0.15) is 11.1 Å². The highest BCUT2D eigenvalue weighted by atomic mass is 16.1. The lowest BCUT2D eigenvalue weighted by Crippen LogP contribution is -1.94. The Morgan fingerprint density at radius 1 is 0.778 bits per heavy atom. The molecule has 1 nitrogen and oxygen atoms in total. The van der Waals surface area contributed by atoms with E-state index in [0.717, 1.165) is 22.3 Å². The average Bonchev–Trinajstić information content (AvgIpc) is 2.42. The minimum Gasteiger partial charge on any atom is -0.285 e. The molecule has 0 saturated carbocycles. The molecule has 0 fully saturated rings. The molecule has 1 aliphatic rings. The first-order chi connectivity index (χ1) is 8.90. The summed E-state index contributed by atoms with van der Waals surface area (Å²) < 4.78 is 0. The second-order valence-corrected chi connectivity index (χ2v) is 4.17. The fourth-order valence-corrected chi connectivity index (χ4v) is 2.27. The van der Waals surface area contributed by atoms with Gasteiger partial charge in [-0.25, -0.2) is 0 Å². The minimum atomic E-state index is 0.594. The Bertz CT molecular complexity index is 663. The van der Waals surface area contributed by atoms with Crippen LogP contribution in [0.2, 0.25) is 0 Å². The third kappa shape index (κ3) is 1.70. The third-order valence-electron chi connectivity index (χ3n) is 3.12. The predicted octanol–water partition coefficient (Wildman–Crippen LogP) is 3.87. The van der Waals surface area contributed by atoms with Crippen LogP contribution < -0.4 is 0 Å². The molecule has 0 aliphatic heterocycles. The van der Waals surface area contributed by atoms with Crippen molar-refractivity contribution in [2.24, 2.45) is 0 Å². The predicted molar refractivity (Wildman–Crippen MR) is 74.6 cm³/mol. The molecule has 0 N–H and O–H groups in total. The Kier molecular flexibility index (Phi) is 2.66. The van der Waals surface area contributed by atoms with E-state index in [1.807, 2.05) is 60.9 Å². The maximum Gasteiger partial charge on any atom is 0.234 e. The first-order valence-electron chi connectivity index (χ1n) is 5.85. The van der Waals surface area contributed by atoms with Gasteiger partial charge in [0.15, 0.2) is 0 Å². The lowest BCUT2D eigenvalue weighted by molar-refractivity contribution is 0.565. The van der Waals surface area contributed by atoms with Crippen LogP contribution in [0.15, 0.2) is 60.7 Å². The molecule has 1 radical (unpaired) electrons. The Balaban J connectivity index is 2.36. The first-order valence-corrected chi connectivity index (χ1v) is 5.85. The van der Waals surface area contributed by atoms with Gasteiger partial charge < -0.3 is 0 Å². The number of benzene rings is 2. The number of rotatable bonds is 1. The van der Waals surface area contributed by atoms with E-state index in [4.69, 9.17) is 0 Å². The van der Waals surface area contributed by atoms with Gasteiger partial charge in [-0.3, -0.25) is 4.79 Å². The highest BCUT2D eigenvalue weighted by Crippen LogP contribution is 2.32. The van der Waals surface area contributed by atoms with Gasteiger partial charge in [-0.05, 0) is 22.3 Å². The summed E-state index contributed by atoms with van der Waals surface area (Å²) in [6, 6.07) is 16.1. The van der Waals surface area contributed by atoms with Crippen molar-refractivity contribution in [3.8, 4) is 11.1 Å². The van der Waals surface area contributed by atoms with Crippen LogP contribution in [0.25, 0.3) is 22.8 Å². The van der Waals surface area contributed by atoms with Crippen molar-refractivity contribution in [2.45, 2.75) is 0 Å². The number of carbonyl (C=O) groups excluding carboxylic acids is 1. The van der Waals surface area contributed by atoms with Gasteiger partial charge in [0.25, 0.3) is 0 Å². The fraction of sp³-hybridized carbons (Fsp3) is 0. The summed E-state index contributed by atoms with van der Waals surface area (Å²) in [6.45, 7) is 0. The molecule has 0 atom stereocenters. The summed E-state index contributed by atoms with van der Waals surface area (Å²) in [5.74, 6) is 0. The van der Waals surface area contributed by atoms with Gasteiger partial charge in [0, 0.05) is 5.57 Å². The van der Waals surface area contributed by atoms with E-state index in [1.165, 1.54) is 0 Å². The largest absolute Gasteiger partial charge is 0.285 e. The molecule has 1 aliphatic carbocycles. The molecule has 0 bridgehead atoms. The Morgan fingerprint density at radius 3 is 2.22 bits per heavy atom. The van der Waals surface area contributed by atoms with Crippen LogP contribution in [0.3, 0.4) is 0 Å². The zero-order valence-corrected chi connectivity index (χ0v) is 9.76. The first kappa shape index (κ1) is 10.7. The molecule has 3 rings (SSSR count). The van der Waals surface area contributed by atoms with E-state index >= 15 is 0 Å². The van der Waals surface area contributed by atoms with Crippen LogP contribution in [-0.2, 0) is 4.79 Å². The van der Waals surface area contributed by atoms with Crippen molar-refractivity contribution in [3.05, 3.63) is 71.8 Å². The Hall–Kier alpha value is -2.41. The Labute approximate surface area is 106 Å². The lowest BCUT2D eigenvalue weighted by Gasteiger charge is -2.13. The molecule has 85 valence electrons. The third-order valence-corrected chi connectivity index (χ3v) is 3.12. The van der Waals surface area contributed by atoms with E-state index in [9.17, 15) is 4.79 Å². The quantitative estimate of drug-likeness (QED) is 0.728. The topological polar surface area (TPSA) is 17.1 Å². The maximum absolute atomic E-state index is 11.1. The fourth-order valence-electron chi connectivity index (χ4n) is 2.27. The molecular formula is C17H11O. The van der Waals surface area contributed by atoms with Crippen molar-refractivity contribution in [2.75, 3.05) is 0 Å². The standard InChI is InChI=1S/C17H11O/c18-12-14-8-5-7-13-6-1-2-9-15(13)17-11-4-3-10-16(14)17/h1-11H/b7-5-,8-5?,13-7?,14-8?,16-14?,17-15?. The molecule has 0 aromatic heterocycles. The van der Waals surface area contributed by atoms with Gasteiger partial charge in [-0.2, -0.15) is 0 Å². The van der Waals surface area contributed by atoms with Crippen molar-refractivity contribution < 1.29 is 4.79 Å². The molecule has 0 saturated heterocycles. The van der Waals surface area contributed by atoms with Gasteiger partial charge in [0.1, 0.15) is 0 Å². The molecule has 0 unspecified atom stereocenters. The van der Waals surface area contributed by atoms with Crippen molar-refractivity contribution >= 4 is 17.9 Å². The molecule has 1 heteroatoms. The van der Waals surface area contributed by atoms with Crippen LogP contribution in [-0.4, -0.2) is 6.29 Å². The van der Waals surface area contributed by atoms with Gasteiger partial charge >= 0.3 is 0 Å². The summed E-state index contributed by atoms with van der Waals surface area (Å²) in [6.07, 6.45) is 7.74. The normalized spacial score (nSPS) is 14.6. The minimum absolute atomic E-state index is 0.594. The SMILES string of the molecule is O=[C]C1=C/C=C\c2ccccc2-c2ccccc21. The van der Waals surface area contributed by atoms with Crippen molar-refractivity contribution in [1.82, 2.24) is 0 Å². The van der Waals surface area contributed by atoms with E-state index in [2.05, 4.69) is 12.1 Å². The molecule has 2 aromatic rings. The van der Waals surface area contributed by atoms with E-state index < -0.39 is 0 Å². The van der Waals surface area contributed by atoms with Crippen LogP contribution in [0.4, 0.5) is 0 Å². The van der Waals surface area contributed by atoms with Crippen LogP contribution in [0, 0.1) is 0 Å². The molecule has 18 heavy (non-hydrogen) atoms. The number of fused-ring (bicyclic) bond motifs is 3. The number of hydrogen-bond donors (Lipinski definition) is 0. The van der Waals surface area contributed by atoms with E-state index in [-0.39, 0.29) is 0 Å².